The predicted molar refractivity (Wildman–Crippen MR) is 83.5 cm³/mol. The van der Waals surface area contributed by atoms with Crippen molar-refractivity contribution >= 4 is 17.7 Å². The fourth-order valence-electron chi connectivity index (χ4n) is 1.96. The van der Waals surface area contributed by atoms with Crippen LogP contribution in [0.5, 0.6) is 0 Å². The van der Waals surface area contributed by atoms with Crippen molar-refractivity contribution in [2.24, 2.45) is 5.92 Å². The molecule has 0 saturated carbocycles. The minimum atomic E-state index is -0.848. The molecule has 2 amide bonds. The number of aryl methyl sites for hydroxylation is 1. The molecule has 5 heteroatoms. The second-order valence-electron chi connectivity index (χ2n) is 5.32. The van der Waals surface area contributed by atoms with Gasteiger partial charge in [0.15, 0.2) is 0 Å². The van der Waals surface area contributed by atoms with E-state index in [1.165, 1.54) is 0 Å². The lowest BCUT2D eigenvalue weighted by atomic mass is 10.0. The first-order chi connectivity index (χ1) is 9.93. The van der Waals surface area contributed by atoms with Gasteiger partial charge >= 0.3 is 12.0 Å². The third-order valence-electron chi connectivity index (χ3n) is 3.73. The van der Waals surface area contributed by atoms with Gasteiger partial charge in [0.2, 0.25) is 0 Å². The summed E-state index contributed by atoms with van der Waals surface area (Å²) in [6, 6.07) is 7.09. The molecule has 116 valence electrons. The van der Waals surface area contributed by atoms with Crippen LogP contribution in [-0.2, 0) is 11.2 Å². The van der Waals surface area contributed by atoms with Crippen molar-refractivity contribution in [2.75, 3.05) is 5.32 Å². The van der Waals surface area contributed by atoms with Crippen molar-refractivity contribution in [3.05, 3.63) is 29.8 Å². The van der Waals surface area contributed by atoms with E-state index in [1.807, 2.05) is 25.1 Å². The Labute approximate surface area is 125 Å². The summed E-state index contributed by atoms with van der Waals surface area (Å²) in [6.45, 7) is 6.15. The molecule has 5 nitrogen and oxygen atoms in total. The van der Waals surface area contributed by atoms with E-state index in [2.05, 4.69) is 24.5 Å². The number of carbonyl (C=O) groups is 2. The van der Waals surface area contributed by atoms with E-state index in [0.29, 0.717) is 18.0 Å². The summed E-state index contributed by atoms with van der Waals surface area (Å²) in [5.74, 6) is -0.447. The molecule has 0 heterocycles. The summed E-state index contributed by atoms with van der Waals surface area (Å²) in [6.07, 6.45) is 1.44. The fraction of sp³-hybridized carbons (Fsp3) is 0.500. The van der Waals surface area contributed by atoms with Gasteiger partial charge in [-0.2, -0.15) is 0 Å². The van der Waals surface area contributed by atoms with E-state index in [0.717, 1.165) is 12.0 Å². The smallest absolute Gasteiger partial charge is 0.319 e. The summed E-state index contributed by atoms with van der Waals surface area (Å²) in [5.41, 5.74) is 1.49. The van der Waals surface area contributed by atoms with Crippen LogP contribution in [0, 0.1) is 5.92 Å². The van der Waals surface area contributed by atoms with Gasteiger partial charge in [-0.15, -0.1) is 0 Å². The third kappa shape index (κ3) is 5.85. The van der Waals surface area contributed by atoms with Crippen LogP contribution in [0.15, 0.2) is 24.3 Å². The molecule has 0 spiro atoms. The van der Waals surface area contributed by atoms with Crippen molar-refractivity contribution < 1.29 is 14.7 Å². The van der Waals surface area contributed by atoms with Gasteiger partial charge < -0.3 is 15.7 Å². The molecule has 1 aromatic carbocycles. The van der Waals surface area contributed by atoms with Gasteiger partial charge in [0.05, 0.1) is 0 Å². The number of rotatable bonds is 7. The number of hydrogen-bond donors (Lipinski definition) is 3. The molecular formula is C16H24N2O3. The van der Waals surface area contributed by atoms with Crippen LogP contribution in [0.2, 0.25) is 0 Å². The summed E-state index contributed by atoms with van der Waals surface area (Å²) in [7, 11) is 0. The molecule has 1 rings (SSSR count). The Morgan fingerprint density at radius 3 is 2.52 bits per heavy atom. The molecule has 0 fully saturated rings. The second kappa shape index (κ2) is 8.29. The largest absolute Gasteiger partial charge is 0.481 e. The standard InChI is InChI=1S/C16H24N2O3/c1-4-11(2)12(3)17-16(21)18-14-8-6-5-7-13(14)9-10-15(19)20/h5-8,11-12H,4,9-10H2,1-3H3,(H,19,20)(H2,17,18,21). The van der Waals surface area contributed by atoms with Crippen LogP contribution < -0.4 is 10.6 Å². The summed E-state index contributed by atoms with van der Waals surface area (Å²) >= 11 is 0. The zero-order valence-electron chi connectivity index (χ0n) is 12.8. The highest BCUT2D eigenvalue weighted by Gasteiger charge is 2.14. The number of para-hydroxylation sites is 1. The van der Waals surface area contributed by atoms with Crippen LogP contribution in [0.4, 0.5) is 10.5 Å². The van der Waals surface area contributed by atoms with Gasteiger partial charge in [0, 0.05) is 18.2 Å². The Balaban J connectivity index is 2.65. The quantitative estimate of drug-likeness (QED) is 0.721. The van der Waals surface area contributed by atoms with Crippen LogP contribution >= 0.6 is 0 Å². The van der Waals surface area contributed by atoms with Crippen molar-refractivity contribution in [1.82, 2.24) is 5.32 Å². The van der Waals surface area contributed by atoms with Gasteiger partial charge in [0.25, 0.3) is 0 Å². The normalized spacial score (nSPS) is 13.3. The Morgan fingerprint density at radius 1 is 1.24 bits per heavy atom. The van der Waals surface area contributed by atoms with E-state index < -0.39 is 5.97 Å². The maximum absolute atomic E-state index is 12.0. The van der Waals surface area contributed by atoms with E-state index >= 15 is 0 Å². The minimum Gasteiger partial charge on any atom is -0.481 e. The zero-order chi connectivity index (χ0) is 15.8. The molecule has 2 unspecified atom stereocenters. The molecule has 0 aliphatic heterocycles. The Kier molecular flexibility index (Phi) is 6.72. The van der Waals surface area contributed by atoms with Crippen LogP contribution in [-0.4, -0.2) is 23.1 Å². The molecule has 0 bridgehead atoms. The summed E-state index contributed by atoms with van der Waals surface area (Å²) in [4.78, 5) is 22.7. The monoisotopic (exact) mass is 292 g/mol. The van der Waals surface area contributed by atoms with Crippen molar-refractivity contribution in [2.45, 2.75) is 46.1 Å². The van der Waals surface area contributed by atoms with Gasteiger partial charge in [-0.1, -0.05) is 38.5 Å². The predicted octanol–water partition coefficient (Wildman–Crippen LogP) is 3.26. The van der Waals surface area contributed by atoms with Gasteiger partial charge in [-0.05, 0) is 30.9 Å². The number of urea groups is 1. The molecule has 3 N–H and O–H groups in total. The lowest BCUT2D eigenvalue weighted by Gasteiger charge is -2.20. The maximum Gasteiger partial charge on any atom is 0.319 e. The Bertz CT molecular complexity index is 488. The third-order valence-corrected chi connectivity index (χ3v) is 3.73. The number of hydrogen-bond acceptors (Lipinski definition) is 2. The topological polar surface area (TPSA) is 78.4 Å². The lowest BCUT2D eigenvalue weighted by Crippen LogP contribution is -2.39. The summed E-state index contributed by atoms with van der Waals surface area (Å²) < 4.78 is 0. The molecule has 0 aliphatic carbocycles. The number of benzene rings is 1. The van der Waals surface area contributed by atoms with E-state index in [9.17, 15) is 9.59 Å². The molecule has 0 saturated heterocycles. The van der Waals surface area contributed by atoms with Gasteiger partial charge in [-0.3, -0.25) is 4.79 Å². The summed E-state index contributed by atoms with van der Waals surface area (Å²) in [5, 5.41) is 14.5. The molecule has 0 aromatic heterocycles. The first-order valence-electron chi connectivity index (χ1n) is 7.31. The number of nitrogens with one attached hydrogen (secondary N) is 2. The van der Waals surface area contributed by atoms with Crippen molar-refractivity contribution in [3.8, 4) is 0 Å². The first-order valence-corrected chi connectivity index (χ1v) is 7.31. The van der Waals surface area contributed by atoms with Gasteiger partial charge in [0.1, 0.15) is 0 Å². The van der Waals surface area contributed by atoms with Crippen LogP contribution in [0.3, 0.4) is 0 Å². The van der Waals surface area contributed by atoms with Crippen LogP contribution in [0.1, 0.15) is 39.2 Å². The lowest BCUT2D eigenvalue weighted by molar-refractivity contribution is -0.136. The molecule has 21 heavy (non-hydrogen) atoms. The molecule has 2 atom stereocenters. The van der Waals surface area contributed by atoms with E-state index in [4.69, 9.17) is 5.11 Å². The SMILES string of the molecule is CCC(C)C(C)NC(=O)Nc1ccccc1CCC(=O)O. The van der Waals surface area contributed by atoms with E-state index in [-0.39, 0.29) is 18.5 Å². The Morgan fingerprint density at radius 2 is 1.90 bits per heavy atom. The molecular weight excluding hydrogens is 268 g/mol. The molecule has 0 aliphatic rings. The Hall–Kier alpha value is -2.04. The van der Waals surface area contributed by atoms with Crippen molar-refractivity contribution in [3.63, 3.8) is 0 Å². The van der Waals surface area contributed by atoms with Crippen LogP contribution in [0.25, 0.3) is 0 Å². The van der Waals surface area contributed by atoms with Crippen molar-refractivity contribution in [1.29, 1.82) is 0 Å². The minimum absolute atomic E-state index is 0.0452. The number of carboxylic acid groups (broad SMARTS) is 1. The fourth-order valence-corrected chi connectivity index (χ4v) is 1.96. The van der Waals surface area contributed by atoms with E-state index in [1.54, 1.807) is 6.07 Å². The number of anilines is 1. The molecule has 0 radical (unpaired) electrons. The highest BCUT2D eigenvalue weighted by atomic mass is 16.4. The number of aliphatic carboxylic acids is 1. The highest BCUT2D eigenvalue weighted by Crippen LogP contribution is 2.17. The average Bonchev–Trinajstić information content (AvgIpc) is 2.45. The highest BCUT2D eigenvalue weighted by molar-refractivity contribution is 5.90. The number of carboxylic acids is 1. The second-order valence-corrected chi connectivity index (χ2v) is 5.32. The average molecular weight is 292 g/mol. The zero-order valence-corrected chi connectivity index (χ0v) is 12.8. The number of amides is 2. The van der Waals surface area contributed by atoms with Gasteiger partial charge in [-0.25, -0.2) is 4.79 Å². The maximum atomic E-state index is 12.0. The first kappa shape index (κ1) is 17.0. The molecule has 1 aromatic rings. The number of carbonyl (C=O) groups excluding carboxylic acids is 1.